The molecule has 0 aliphatic carbocycles. The van der Waals surface area contributed by atoms with Gasteiger partial charge in [-0.05, 0) is 91.1 Å². The zero-order chi connectivity index (χ0) is 41.9. The molecule has 0 aromatic rings. The Balaban J connectivity index is 4.07. The van der Waals surface area contributed by atoms with Crippen LogP contribution >= 0.6 is 0 Å². The zero-order valence-corrected chi connectivity index (χ0v) is 39.5. The van der Waals surface area contributed by atoms with Crippen molar-refractivity contribution in [2.24, 2.45) is 0 Å². The molecule has 0 unspecified atom stereocenters. The number of hydrazine groups is 1. The van der Waals surface area contributed by atoms with Crippen LogP contribution in [0.4, 0.5) is 0 Å². The number of carbonyl (C=O) groups excluding carboxylic acids is 2. The third kappa shape index (κ3) is 41.3. The van der Waals surface area contributed by atoms with Crippen molar-refractivity contribution in [3.63, 3.8) is 0 Å². The summed E-state index contributed by atoms with van der Waals surface area (Å²) < 4.78 is 11.9. The summed E-state index contributed by atoms with van der Waals surface area (Å²) >= 11 is 0. The third-order valence-electron chi connectivity index (χ3n) is 11.6. The SMILES string of the molecule is CCCCCCC(CCCCCC)OC(=O)CCCCCCCCCNN(CCCCCCCCCC(=O)OC(CCCCCC)CCCCCC)CCN(C)C. The maximum atomic E-state index is 12.6. The Bertz CT molecular complexity index is 816. The summed E-state index contributed by atoms with van der Waals surface area (Å²) in [6, 6.07) is 0. The molecule has 7 nitrogen and oxygen atoms in total. The molecule has 57 heavy (non-hydrogen) atoms. The lowest BCUT2D eigenvalue weighted by Crippen LogP contribution is -2.43. The summed E-state index contributed by atoms with van der Waals surface area (Å²) in [5.41, 5.74) is 3.74. The number of carbonyl (C=O) groups is 2. The van der Waals surface area contributed by atoms with Crippen LogP contribution in [0.25, 0.3) is 0 Å². The molecule has 0 radical (unpaired) electrons. The highest BCUT2D eigenvalue weighted by atomic mass is 16.5. The van der Waals surface area contributed by atoms with E-state index < -0.39 is 0 Å². The van der Waals surface area contributed by atoms with Gasteiger partial charge >= 0.3 is 11.9 Å². The number of unbranched alkanes of at least 4 members (excludes halogenated alkanes) is 24. The molecule has 0 spiro atoms. The van der Waals surface area contributed by atoms with Crippen molar-refractivity contribution in [3.05, 3.63) is 0 Å². The quantitative estimate of drug-likeness (QED) is 0.0373. The topological polar surface area (TPSA) is 71.1 Å². The van der Waals surface area contributed by atoms with Crippen LogP contribution in [-0.2, 0) is 19.1 Å². The lowest BCUT2D eigenvalue weighted by Gasteiger charge is -2.25. The van der Waals surface area contributed by atoms with Crippen LogP contribution in [0, 0.1) is 0 Å². The molecule has 0 aromatic carbocycles. The van der Waals surface area contributed by atoms with Gasteiger partial charge in [-0.2, -0.15) is 0 Å². The van der Waals surface area contributed by atoms with Gasteiger partial charge in [-0.25, -0.2) is 5.01 Å². The van der Waals surface area contributed by atoms with Gasteiger partial charge in [0.15, 0.2) is 0 Å². The third-order valence-corrected chi connectivity index (χ3v) is 11.6. The first-order chi connectivity index (χ1) is 27.9. The Labute approximate surface area is 356 Å². The lowest BCUT2D eigenvalue weighted by atomic mass is 10.0. The fourth-order valence-electron chi connectivity index (χ4n) is 7.77. The molecule has 0 amide bonds. The predicted octanol–water partition coefficient (Wildman–Crippen LogP) is 14.3. The van der Waals surface area contributed by atoms with Crippen LogP contribution in [-0.4, -0.2) is 74.3 Å². The number of likely N-dealkylation sites (N-methyl/N-ethyl adjacent to an activating group) is 1. The second-order valence-corrected chi connectivity index (χ2v) is 17.8. The molecule has 0 fully saturated rings. The molecule has 0 saturated heterocycles. The summed E-state index contributed by atoms with van der Waals surface area (Å²) in [4.78, 5) is 27.5. The minimum atomic E-state index is 0.0336. The van der Waals surface area contributed by atoms with Crippen LogP contribution in [0.2, 0.25) is 0 Å². The Morgan fingerprint density at radius 2 is 0.737 bits per heavy atom. The molecule has 0 aromatic heterocycles. The van der Waals surface area contributed by atoms with Crippen molar-refractivity contribution in [1.82, 2.24) is 15.3 Å². The zero-order valence-electron chi connectivity index (χ0n) is 39.5. The number of hydrogen-bond acceptors (Lipinski definition) is 7. The molecule has 0 aliphatic rings. The van der Waals surface area contributed by atoms with E-state index in [1.807, 2.05) is 0 Å². The van der Waals surface area contributed by atoms with E-state index in [9.17, 15) is 9.59 Å². The van der Waals surface area contributed by atoms with Crippen molar-refractivity contribution in [1.29, 1.82) is 0 Å². The first kappa shape index (κ1) is 55.8. The van der Waals surface area contributed by atoms with Gasteiger partial charge in [-0.1, -0.05) is 169 Å². The lowest BCUT2D eigenvalue weighted by molar-refractivity contribution is -0.151. The highest BCUT2D eigenvalue weighted by Gasteiger charge is 2.15. The smallest absolute Gasteiger partial charge is 0.306 e. The van der Waals surface area contributed by atoms with E-state index in [2.05, 4.69) is 57.1 Å². The molecule has 7 heteroatoms. The Kier molecular flexibility index (Phi) is 43.5. The van der Waals surface area contributed by atoms with E-state index in [4.69, 9.17) is 9.47 Å². The molecule has 0 saturated carbocycles. The molecule has 0 bridgehead atoms. The normalized spacial score (nSPS) is 11.8. The summed E-state index contributed by atoms with van der Waals surface area (Å²) in [5.74, 6) is 0.0676. The summed E-state index contributed by atoms with van der Waals surface area (Å²) in [6.45, 7) is 13.3. The minimum absolute atomic E-state index is 0.0336. The monoisotopic (exact) mass is 808 g/mol. The largest absolute Gasteiger partial charge is 0.462 e. The Morgan fingerprint density at radius 1 is 0.404 bits per heavy atom. The fourth-order valence-corrected chi connectivity index (χ4v) is 7.77. The Hall–Kier alpha value is -1.18. The number of ether oxygens (including phenoxy) is 2. The molecular formula is C50H101N3O4. The summed E-state index contributed by atoms with van der Waals surface area (Å²) in [6.07, 6.45) is 42.3. The van der Waals surface area contributed by atoms with Gasteiger partial charge < -0.3 is 14.4 Å². The highest BCUT2D eigenvalue weighted by Crippen LogP contribution is 2.19. The first-order valence-electron chi connectivity index (χ1n) is 25.4. The van der Waals surface area contributed by atoms with E-state index >= 15 is 0 Å². The van der Waals surface area contributed by atoms with Crippen LogP contribution in [0.5, 0.6) is 0 Å². The molecule has 0 heterocycles. The van der Waals surface area contributed by atoms with Crippen molar-refractivity contribution >= 4 is 11.9 Å². The number of hydrogen-bond donors (Lipinski definition) is 1. The predicted molar refractivity (Wildman–Crippen MR) is 247 cm³/mol. The van der Waals surface area contributed by atoms with Crippen molar-refractivity contribution in [3.8, 4) is 0 Å². The van der Waals surface area contributed by atoms with Crippen LogP contribution in [0.3, 0.4) is 0 Å². The molecule has 0 rings (SSSR count). The van der Waals surface area contributed by atoms with E-state index in [0.29, 0.717) is 12.8 Å². The van der Waals surface area contributed by atoms with Gasteiger partial charge in [-0.15, -0.1) is 0 Å². The van der Waals surface area contributed by atoms with Gasteiger partial charge in [0.25, 0.3) is 0 Å². The van der Waals surface area contributed by atoms with Crippen LogP contribution in [0.15, 0.2) is 0 Å². The van der Waals surface area contributed by atoms with Gasteiger partial charge in [0, 0.05) is 39.0 Å². The second-order valence-electron chi connectivity index (χ2n) is 17.8. The average molecular weight is 808 g/mol. The molecule has 0 aliphatic heterocycles. The van der Waals surface area contributed by atoms with Gasteiger partial charge in [-0.3, -0.25) is 15.0 Å². The average Bonchev–Trinajstić information content (AvgIpc) is 3.19. The molecule has 340 valence electrons. The molecule has 1 N–H and O–H groups in total. The van der Waals surface area contributed by atoms with E-state index in [-0.39, 0.29) is 24.1 Å². The fraction of sp³-hybridized carbons (Fsp3) is 0.960. The number of nitrogens with one attached hydrogen (secondary N) is 1. The van der Waals surface area contributed by atoms with Crippen LogP contribution < -0.4 is 5.43 Å². The van der Waals surface area contributed by atoms with E-state index in [0.717, 1.165) is 77.5 Å². The maximum absolute atomic E-state index is 12.6. The maximum Gasteiger partial charge on any atom is 0.306 e. The van der Waals surface area contributed by atoms with E-state index in [1.54, 1.807) is 0 Å². The van der Waals surface area contributed by atoms with Crippen molar-refractivity contribution in [2.75, 3.05) is 40.3 Å². The summed E-state index contributed by atoms with van der Waals surface area (Å²) in [5, 5.41) is 2.45. The minimum Gasteiger partial charge on any atom is -0.462 e. The van der Waals surface area contributed by atoms with Crippen molar-refractivity contribution in [2.45, 2.75) is 271 Å². The van der Waals surface area contributed by atoms with E-state index in [1.165, 1.54) is 167 Å². The Morgan fingerprint density at radius 3 is 1.11 bits per heavy atom. The van der Waals surface area contributed by atoms with Gasteiger partial charge in [0.2, 0.25) is 0 Å². The second kappa shape index (κ2) is 44.4. The van der Waals surface area contributed by atoms with Gasteiger partial charge in [0.1, 0.15) is 12.2 Å². The first-order valence-corrected chi connectivity index (χ1v) is 25.4. The number of esters is 2. The highest BCUT2D eigenvalue weighted by molar-refractivity contribution is 5.69. The molecular weight excluding hydrogens is 707 g/mol. The number of rotatable bonds is 46. The molecule has 0 atom stereocenters. The standard InChI is InChI=1S/C50H101N3O4/c1-7-11-15-29-37-47(38-30-16-12-8-2)56-49(54)41-33-25-21-19-23-27-35-43-51-53(46-45-52(5)6)44-36-28-24-20-22-26-34-42-50(55)57-48(39-31-17-13-9-3)40-32-18-14-10-4/h47-48,51H,7-46H2,1-6H3. The van der Waals surface area contributed by atoms with Crippen LogP contribution in [0.1, 0.15) is 259 Å². The van der Waals surface area contributed by atoms with Crippen molar-refractivity contribution < 1.29 is 19.1 Å². The number of nitrogens with zero attached hydrogens (tertiary/aromatic N) is 2. The summed E-state index contributed by atoms with van der Waals surface area (Å²) in [7, 11) is 4.31. The van der Waals surface area contributed by atoms with Gasteiger partial charge in [0.05, 0.1) is 0 Å².